The van der Waals surface area contributed by atoms with E-state index in [-0.39, 0.29) is 30.5 Å². The van der Waals surface area contributed by atoms with Crippen LogP contribution in [0.15, 0.2) is 30.3 Å². The van der Waals surface area contributed by atoms with Crippen molar-refractivity contribution in [3.05, 3.63) is 35.9 Å². The molecule has 4 atom stereocenters. The molecule has 1 heterocycles. The fraction of sp³-hybridized carbons (Fsp3) is 0.611. The van der Waals surface area contributed by atoms with Crippen LogP contribution in [0, 0.1) is 0 Å². The highest BCUT2D eigenvalue weighted by atomic mass is 16.3. The molecular formula is C18H28N2O3. The maximum atomic E-state index is 11.3. The minimum Gasteiger partial charge on any atom is -0.396 e. The summed E-state index contributed by atoms with van der Waals surface area (Å²) in [5.74, 6) is 0.140. The first-order valence-electron chi connectivity index (χ1n) is 8.50. The van der Waals surface area contributed by atoms with Crippen molar-refractivity contribution in [2.24, 2.45) is 0 Å². The molecule has 0 bridgehead atoms. The Bertz CT molecular complexity index is 480. The summed E-state index contributed by atoms with van der Waals surface area (Å²) < 4.78 is 0. The van der Waals surface area contributed by atoms with Gasteiger partial charge < -0.3 is 20.8 Å². The normalized spacial score (nSPS) is 25.3. The molecule has 1 amide bonds. The second-order valence-electron chi connectivity index (χ2n) is 6.30. The molecule has 2 rings (SSSR count). The Hall–Kier alpha value is -1.43. The number of carbonyl (C=O) groups excluding carboxylic acids is 1. The molecule has 1 unspecified atom stereocenters. The van der Waals surface area contributed by atoms with E-state index in [1.807, 2.05) is 37.3 Å². The predicted octanol–water partition coefficient (Wildman–Crippen LogP) is 1.16. The lowest BCUT2D eigenvalue weighted by Gasteiger charge is -2.19. The third-order valence-electron chi connectivity index (χ3n) is 4.64. The molecule has 1 aliphatic heterocycles. The van der Waals surface area contributed by atoms with Crippen LogP contribution in [0.25, 0.3) is 0 Å². The van der Waals surface area contributed by atoms with Crippen molar-refractivity contribution in [1.29, 1.82) is 0 Å². The highest BCUT2D eigenvalue weighted by molar-refractivity contribution is 5.75. The van der Waals surface area contributed by atoms with Gasteiger partial charge in [0.05, 0.1) is 12.1 Å². The average molecular weight is 320 g/mol. The van der Waals surface area contributed by atoms with Gasteiger partial charge in [-0.2, -0.15) is 0 Å². The number of amides is 1. The van der Waals surface area contributed by atoms with E-state index >= 15 is 0 Å². The van der Waals surface area contributed by atoms with Gasteiger partial charge in [0.1, 0.15) is 0 Å². The molecule has 0 radical (unpaired) electrons. The fourth-order valence-corrected chi connectivity index (χ4v) is 3.17. The zero-order valence-electron chi connectivity index (χ0n) is 13.7. The van der Waals surface area contributed by atoms with Gasteiger partial charge in [-0.1, -0.05) is 37.3 Å². The third-order valence-corrected chi connectivity index (χ3v) is 4.64. The van der Waals surface area contributed by atoms with E-state index in [1.165, 1.54) is 0 Å². The quantitative estimate of drug-likeness (QED) is 0.579. The van der Waals surface area contributed by atoms with Crippen molar-refractivity contribution >= 4 is 5.91 Å². The summed E-state index contributed by atoms with van der Waals surface area (Å²) in [6.45, 7) is 2.41. The number of hydrogen-bond donors (Lipinski definition) is 4. The summed E-state index contributed by atoms with van der Waals surface area (Å²) in [6, 6.07) is 10.2. The molecule has 5 heteroatoms. The predicted molar refractivity (Wildman–Crippen MR) is 90.1 cm³/mol. The third kappa shape index (κ3) is 5.30. The van der Waals surface area contributed by atoms with Gasteiger partial charge in [0.2, 0.25) is 5.91 Å². The van der Waals surface area contributed by atoms with Gasteiger partial charge in [0.15, 0.2) is 0 Å². The van der Waals surface area contributed by atoms with Crippen LogP contribution in [-0.2, 0) is 4.79 Å². The summed E-state index contributed by atoms with van der Waals surface area (Å²) in [4.78, 5) is 11.3. The van der Waals surface area contributed by atoms with E-state index in [2.05, 4.69) is 10.6 Å². The zero-order valence-corrected chi connectivity index (χ0v) is 13.7. The topological polar surface area (TPSA) is 81.6 Å². The first kappa shape index (κ1) is 17.9. The lowest BCUT2D eigenvalue weighted by molar-refractivity contribution is -0.120. The van der Waals surface area contributed by atoms with Crippen molar-refractivity contribution in [1.82, 2.24) is 10.6 Å². The summed E-state index contributed by atoms with van der Waals surface area (Å²) in [5.41, 5.74) is 1.15. The first-order chi connectivity index (χ1) is 11.1. The summed E-state index contributed by atoms with van der Waals surface area (Å²) in [6.07, 6.45) is 2.50. The standard InChI is InChI=1S/C18H28N2O3/c1-2-18(23)19-11-16-17(22)10-15(20-16)9-8-14(12-21)13-6-4-3-5-7-13/h3-7,14-17,20-22H,2,8-12H2,1H3,(H,19,23)/t14?,15-,16+,17-/m0/s1. The average Bonchev–Trinajstić information content (AvgIpc) is 2.94. The Morgan fingerprint density at radius 1 is 1.39 bits per heavy atom. The van der Waals surface area contributed by atoms with Gasteiger partial charge in [-0.05, 0) is 24.8 Å². The molecule has 1 saturated heterocycles. The van der Waals surface area contributed by atoms with Crippen molar-refractivity contribution in [2.75, 3.05) is 13.2 Å². The second-order valence-corrected chi connectivity index (χ2v) is 6.30. The van der Waals surface area contributed by atoms with Gasteiger partial charge in [-0.25, -0.2) is 0 Å². The smallest absolute Gasteiger partial charge is 0.219 e. The highest BCUT2D eigenvalue weighted by Gasteiger charge is 2.32. The summed E-state index contributed by atoms with van der Waals surface area (Å²) >= 11 is 0. The number of aliphatic hydroxyl groups excluding tert-OH is 2. The van der Waals surface area contributed by atoms with E-state index in [0.717, 1.165) is 18.4 Å². The molecule has 0 aromatic heterocycles. The molecule has 0 aliphatic carbocycles. The number of benzene rings is 1. The van der Waals surface area contributed by atoms with E-state index < -0.39 is 6.10 Å². The SMILES string of the molecule is CCC(=O)NC[C@H]1N[C@@H](CCC(CO)c2ccccc2)C[C@@H]1O. The molecule has 1 aliphatic rings. The summed E-state index contributed by atoms with van der Waals surface area (Å²) in [7, 11) is 0. The minimum absolute atomic E-state index is 0.00636. The minimum atomic E-state index is -0.429. The largest absolute Gasteiger partial charge is 0.396 e. The molecule has 128 valence electrons. The van der Waals surface area contributed by atoms with Crippen LogP contribution in [0.2, 0.25) is 0 Å². The molecule has 0 saturated carbocycles. The van der Waals surface area contributed by atoms with Crippen molar-refractivity contribution < 1.29 is 15.0 Å². The monoisotopic (exact) mass is 320 g/mol. The Labute approximate surface area is 138 Å². The Morgan fingerprint density at radius 2 is 2.13 bits per heavy atom. The lowest BCUT2D eigenvalue weighted by Crippen LogP contribution is -2.43. The van der Waals surface area contributed by atoms with E-state index in [4.69, 9.17) is 0 Å². The molecule has 0 spiro atoms. The highest BCUT2D eigenvalue weighted by Crippen LogP contribution is 2.24. The molecule has 4 N–H and O–H groups in total. The molecule has 5 nitrogen and oxygen atoms in total. The van der Waals surface area contributed by atoms with Crippen molar-refractivity contribution in [3.63, 3.8) is 0 Å². The van der Waals surface area contributed by atoms with Crippen LogP contribution < -0.4 is 10.6 Å². The molecular weight excluding hydrogens is 292 g/mol. The van der Waals surface area contributed by atoms with Gasteiger partial charge in [-0.15, -0.1) is 0 Å². The maximum absolute atomic E-state index is 11.3. The van der Waals surface area contributed by atoms with Crippen LogP contribution in [0.5, 0.6) is 0 Å². The zero-order chi connectivity index (χ0) is 16.7. The van der Waals surface area contributed by atoms with Crippen LogP contribution >= 0.6 is 0 Å². The fourth-order valence-electron chi connectivity index (χ4n) is 3.17. The Balaban J connectivity index is 1.79. The first-order valence-corrected chi connectivity index (χ1v) is 8.50. The Morgan fingerprint density at radius 3 is 2.78 bits per heavy atom. The second kappa shape index (κ2) is 9.01. The van der Waals surface area contributed by atoms with Crippen LogP contribution in [0.4, 0.5) is 0 Å². The number of rotatable bonds is 8. The molecule has 1 aromatic rings. The molecule has 1 fully saturated rings. The number of aliphatic hydroxyl groups is 2. The van der Waals surface area contributed by atoms with Crippen molar-refractivity contribution in [2.45, 2.75) is 56.7 Å². The van der Waals surface area contributed by atoms with Crippen LogP contribution in [0.3, 0.4) is 0 Å². The number of nitrogens with one attached hydrogen (secondary N) is 2. The van der Waals surface area contributed by atoms with Crippen LogP contribution in [-0.4, -0.2) is 47.5 Å². The van der Waals surface area contributed by atoms with E-state index in [9.17, 15) is 15.0 Å². The number of carbonyl (C=O) groups is 1. The maximum Gasteiger partial charge on any atom is 0.219 e. The lowest BCUT2D eigenvalue weighted by atomic mass is 9.93. The molecule has 1 aromatic carbocycles. The van der Waals surface area contributed by atoms with Gasteiger partial charge in [-0.3, -0.25) is 4.79 Å². The molecule has 23 heavy (non-hydrogen) atoms. The van der Waals surface area contributed by atoms with E-state index in [0.29, 0.717) is 19.4 Å². The van der Waals surface area contributed by atoms with Gasteiger partial charge in [0.25, 0.3) is 0 Å². The Kier molecular flexibility index (Phi) is 7.02. The van der Waals surface area contributed by atoms with Gasteiger partial charge in [0, 0.05) is 31.5 Å². The van der Waals surface area contributed by atoms with E-state index in [1.54, 1.807) is 0 Å². The summed E-state index contributed by atoms with van der Waals surface area (Å²) in [5, 5.41) is 26.0. The van der Waals surface area contributed by atoms with Crippen molar-refractivity contribution in [3.8, 4) is 0 Å². The van der Waals surface area contributed by atoms with Crippen LogP contribution in [0.1, 0.15) is 44.1 Å². The number of hydrogen-bond acceptors (Lipinski definition) is 4. The van der Waals surface area contributed by atoms with Gasteiger partial charge >= 0.3 is 0 Å².